The zero-order valence-corrected chi connectivity index (χ0v) is 70.7. The summed E-state index contributed by atoms with van der Waals surface area (Å²) in [6.45, 7) is 1.80. The maximum atomic E-state index is 13.5. The normalized spacial score (nSPS) is 25.1. The van der Waals surface area contributed by atoms with E-state index in [2.05, 4.69) is 43.5 Å². The predicted molar refractivity (Wildman–Crippen MR) is 448 cm³/mol. The molecule has 17 atom stereocenters. The highest BCUT2D eigenvalue weighted by atomic mass is 16.8. The highest BCUT2D eigenvalue weighted by Crippen LogP contribution is 2.34. The lowest BCUT2D eigenvalue weighted by atomic mass is 9.96. The van der Waals surface area contributed by atoms with Crippen LogP contribution in [-0.2, 0) is 33.2 Å². The molecule has 0 aromatic carbocycles. The van der Waals surface area contributed by atoms with Crippen molar-refractivity contribution in [2.24, 2.45) is 0 Å². The molecule has 0 aliphatic carbocycles. The van der Waals surface area contributed by atoms with Gasteiger partial charge in [0.2, 0.25) is 5.91 Å². The molecule has 3 aliphatic rings. The summed E-state index contributed by atoms with van der Waals surface area (Å²) in [5, 5.41) is 121. The minimum Gasteiger partial charge on any atom is -0.394 e. The van der Waals surface area contributed by atoms with Gasteiger partial charge in [0.1, 0.15) is 73.2 Å². The molecule has 3 heterocycles. The molecule has 17 unspecified atom stereocenters. The van der Waals surface area contributed by atoms with Crippen LogP contribution in [-0.4, -0.2) is 193 Å². The Kier molecular flexibility index (Phi) is 67.0. The number of carbonyl (C=O) groups excluding carboxylic acids is 1. The Balaban J connectivity index is 1.31. The molecule has 12 N–H and O–H groups in total. The Hall–Kier alpha value is -1.99. The lowest BCUT2D eigenvalue weighted by Gasteiger charge is -2.48. The fraction of sp³-hybridized carbons (Fsp3) is 0.924. The van der Waals surface area contributed by atoms with E-state index in [0.29, 0.717) is 6.42 Å². The third-order valence-corrected chi connectivity index (χ3v) is 23.4. The molecule has 0 bridgehead atoms. The second kappa shape index (κ2) is 72.1. The molecule has 19 heteroatoms. The average Bonchev–Trinajstić information content (AvgIpc) is 0.779. The predicted octanol–water partition coefficient (Wildman–Crippen LogP) is 18.2. The molecule has 3 fully saturated rings. The molecule has 0 saturated carbocycles. The summed E-state index contributed by atoms with van der Waals surface area (Å²) in [6, 6.07) is -0.973. The number of aliphatic hydroxyl groups excluding tert-OH is 11. The summed E-state index contributed by atoms with van der Waals surface area (Å²) >= 11 is 0. The van der Waals surface area contributed by atoms with Crippen LogP contribution in [0.4, 0.5) is 0 Å². The van der Waals surface area contributed by atoms with Crippen LogP contribution in [0.2, 0.25) is 0 Å². The fourth-order valence-corrected chi connectivity index (χ4v) is 16.0. The SMILES string of the molecule is CCCCCCC/C=C\C/C=C\CCCCCCCCCCCCCCCCCCCCCCCCCCCC(=O)NC(COC1OC(CO)C(OC2OC(CO)C(OC3OC(CO)C(O)C(O)C3O)C(O)C2O)C(O)C1O)C(O)/C=C/CCCCCCCCCCCCCCCCCCCCCCCCCCCCC. The van der Waals surface area contributed by atoms with E-state index < -0.39 is 124 Å². The van der Waals surface area contributed by atoms with Gasteiger partial charge in [0, 0.05) is 6.42 Å². The fourth-order valence-electron chi connectivity index (χ4n) is 16.0. The molecule has 0 aromatic heterocycles. The van der Waals surface area contributed by atoms with Crippen molar-refractivity contribution < 1.29 is 89.4 Å². The van der Waals surface area contributed by atoms with Gasteiger partial charge in [-0.15, -0.1) is 0 Å². The number of hydrogen-bond acceptors (Lipinski definition) is 18. The molecule has 3 saturated heterocycles. The monoisotopic (exact) mass is 1580 g/mol. The van der Waals surface area contributed by atoms with Crippen molar-refractivity contribution in [3.05, 3.63) is 36.5 Å². The number of hydrogen-bond donors (Lipinski definition) is 12. The third-order valence-electron chi connectivity index (χ3n) is 23.4. The number of ether oxygens (including phenoxy) is 6. The van der Waals surface area contributed by atoms with Crippen LogP contribution in [0.3, 0.4) is 0 Å². The summed E-state index contributed by atoms with van der Waals surface area (Å²) in [5.41, 5.74) is 0. The number of amides is 1. The molecule has 0 spiro atoms. The number of carbonyl (C=O) groups is 1. The first-order valence-corrected chi connectivity index (χ1v) is 46.7. The van der Waals surface area contributed by atoms with Crippen LogP contribution in [0.5, 0.6) is 0 Å². The van der Waals surface area contributed by atoms with Gasteiger partial charge in [-0.05, 0) is 51.4 Å². The van der Waals surface area contributed by atoms with Gasteiger partial charge in [-0.2, -0.15) is 0 Å². The van der Waals surface area contributed by atoms with E-state index in [9.17, 15) is 61.0 Å². The van der Waals surface area contributed by atoms with E-state index in [0.717, 1.165) is 51.4 Å². The maximum absolute atomic E-state index is 13.5. The number of rotatable bonds is 77. The highest BCUT2D eigenvalue weighted by molar-refractivity contribution is 5.76. The smallest absolute Gasteiger partial charge is 0.220 e. The van der Waals surface area contributed by atoms with E-state index in [1.54, 1.807) is 6.08 Å². The molecule has 654 valence electrons. The Labute approximate surface area is 676 Å². The van der Waals surface area contributed by atoms with E-state index in [1.165, 1.54) is 334 Å². The molecule has 1 amide bonds. The van der Waals surface area contributed by atoms with Gasteiger partial charge in [0.15, 0.2) is 18.9 Å². The first-order chi connectivity index (χ1) is 54.3. The molecule has 19 nitrogen and oxygen atoms in total. The van der Waals surface area contributed by atoms with Crippen LogP contribution in [0.1, 0.15) is 412 Å². The van der Waals surface area contributed by atoms with E-state index in [-0.39, 0.29) is 18.9 Å². The van der Waals surface area contributed by atoms with Crippen molar-refractivity contribution in [2.45, 2.75) is 516 Å². The lowest BCUT2D eigenvalue weighted by Crippen LogP contribution is -2.66. The summed E-state index contributed by atoms with van der Waals surface area (Å²) < 4.78 is 34.6. The molecular formula is C92H173NO18. The van der Waals surface area contributed by atoms with Crippen LogP contribution in [0.25, 0.3) is 0 Å². The number of nitrogens with one attached hydrogen (secondary N) is 1. The van der Waals surface area contributed by atoms with Crippen molar-refractivity contribution in [3.8, 4) is 0 Å². The summed E-state index contributed by atoms with van der Waals surface area (Å²) in [4.78, 5) is 13.5. The van der Waals surface area contributed by atoms with Gasteiger partial charge in [-0.3, -0.25) is 4.79 Å². The van der Waals surface area contributed by atoms with Crippen molar-refractivity contribution in [2.75, 3.05) is 26.4 Å². The third kappa shape index (κ3) is 50.5. The van der Waals surface area contributed by atoms with Crippen LogP contribution >= 0.6 is 0 Å². The molecule has 111 heavy (non-hydrogen) atoms. The molecule has 3 rings (SSSR count). The van der Waals surface area contributed by atoms with Crippen LogP contribution in [0, 0.1) is 0 Å². The van der Waals surface area contributed by atoms with E-state index >= 15 is 0 Å². The van der Waals surface area contributed by atoms with Gasteiger partial charge in [0.25, 0.3) is 0 Å². The molecule has 3 aliphatic heterocycles. The van der Waals surface area contributed by atoms with Crippen LogP contribution < -0.4 is 5.32 Å². The zero-order valence-electron chi connectivity index (χ0n) is 70.7. The van der Waals surface area contributed by atoms with E-state index in [4.69, 9.17) is 28.4 Å². The van der Waals surface area contributed by atoms with Gasteiger partial charge >= 0.3 is 0 Å². The van der Waals surface area contributed by atoms with Gasteiger partial charge < -0.3 is 89.9 Å². The second-order valence-corrected chi connectivity index (χ2v) is 33.5. The minimum atomic E-state index is -1.98. The second-order valence-electron chi connectivity index (χ2n) is 33.5. The lowest BCUT2D eigenvalue weighted by molar-refractivity contribution is -0.379. The van der Waals surface area contributed by atoms with Gasteiger partial charge in [0.05, 0.1) is 38.6 Å². The quantitative estimate of drug-likeness (QED) is 0.0199. The number of unbranched alkanes of at least 4 members (excludes halogenated alkanes) is 57. The van der Waals surface area contributed by atoms with Crippen molar-refractivity contribution in [3.63, 3.8) is 0 Å². The maximum Gasteiger partial charge on any atom is 0.220 e. The molecule has 0 radical (unpaired) electrons. The van der Waals surface area contributed by atoms with Crippen molar-refractivity contribution >= 4 is 5.91 Å². The van der Waals surface area contributed by atoms with Gasteiger partial charge in [-0.1, -0.05) is 391 Å². The Bertz CT molecular complexity index is 2140. The largest absolute Gasteiger partial charge is 0.394 e. The number of aliphatic hydroxyl groups is 11. The summed E-state index contributed by atoms with van der Waals surface area (Å²) in [7, 11) is 0. The molecular weight excluding hydrogens is 1410 g/mol. The van der Waals surface area contributed by atoms with Crippen molar-refractivity contribution in [1.29, 1.82) is 0 Å². The Morgan fingerprint density at radius 1 is 0.324 bits per heavy atom. The van der Waals surface area contributed by atoms with Crippen LogP contribution in [0.15, 0.2) is 36.5 Å². The Morgan fingerprint density at radius 3 is 0.919 bits per heavy atom. The first kappa shape index (κ1) is 103. The first-order valence-electron chi connectivity index (χ1n) is 46.7. The highest BCUT2D eigenvalue weighted by Gasteiger charge is 2.54. The van der Waals surface area contributed by atoms with Gasteiger partial charge in [-0.25, -0.2) is 0 Å². The summed E-state index contributed by atoms with van der Waals surface area (Å²) in [5.74, 6) is -0.266. The summed E-state index contributed by atoms with van der Waals surface area (Å²) in [6.07, 6.45) is 65.9. The minimum absolute atomic E-state index is 0.248. The topological polar surface area (TPSA) is 307 Å². The average molecular weight is 1580 g/mol. The molecule has 0 aromatic rings. The number of allylic oxidation sites excluding steroid dienone is 5. The van der Waals surface area contributed by atoms with Crippen molar-refractivity contribution in [1.82, 2.24) is 5.32 Å². The standard InChI is InChI=1S/C92H173NO18/c1-3-5-7-9-11-13-15-17-19-21-23-25-27-29-31-33-34-35-36-37-38-39-40-42-44-46-48-50-52-54-56-58-60-62-64-66-68-70-80(98)93-75(76(97)69-67-65-63-61-59-57-55-53-51-49-47-45-43-41-32-30-28-26-24-22-20-18-16-14-12-10-8-6-4-2)74-106-90-86(104)83(101)88(78(72-95)108-90)111-92-87(105)84(102)89(79(73-96)109-92)110-91-85(103)82(100)81(99)77(71-94)107-91/h15,17,21,23,67,69,75-79,81-92,94-97,99-105H,3-14,16,18-20,22,24-66,68,70-74H2,1-2H3,(H,93,98)/b17-15-,23-21-,69-67+. The van der Waals surface area contributed by atoms with E-state index in [1.807, 2.05) is 6.08 Å². The Morgan fingerprint density at radius 2 is 0.595 bits per heavy atom. The zero-order chi connectivity index (χ0) is 80.3.